The van der Waals surface area contributed by atoms with Crippen molar-refractivity contribution in [2.24, 2.45) is 0 Å². The molecule has 1 N–H and O–H groups in total. The van der Waals surface area contributed by atoms with E-state index in [1.54, 1.807) is 24.3 Å². The summed E-state index contributed by atoms with van der Waals surface area (Å²) in [6.45, 7) is -1.18. The summed E-state index contributed by atoms with van der Waals surface area (Å²) in [7, 11) is 0. The summed E-state index contributed by atoms with van der Waals surface area (Å²) >= 11 is 0. The van der Waals surface area contributed by atoms with Crippen LogP contribution in [-0.4, -0.2) is 41.2 Å². The molecular formula is C12H13F2NO3. The van der Waals surface area contributed by atoms with Gasteiger partial charge in [-0.15, -0.1) is 0 Å². The fourth-order valence-electron chi connectivity index (χ4n) is 1.72. The fourth-order valence-corrected chi connectivity index (χ4v) is 1.72. The predicted octanol–water partition coefficient (Wildman–Crippen LogP) is 1.64. The molecule has 0 bridgehead atoms. The molecule has 4 nitrogen and oxygen atoms in total. The second-order valence-corrected chi connectivity index (χ2v) is 4.20. The third kappa shape index (κ3) is 2.76. The van der Waals surface area contributed by atoms with Crippen molar-refractivity contribution in [2.45, 2.75) is 18.6 Å². The van der Waals surface area contributed by atoms with Crippen molar-refractivity contribution in [1.82, 2.24) is 4.90 Å². The molecule has 1 atom stereocenters. The van der Waals surface area contributed by atoms with E-state index >= 15 is 0 Å². The zero-order valence-corrected chi connectivity index (χ0v) is 9.55. The molecule has 0 aromatic heterocycles. The minimum Gasteiger partial charge on any atom is -0.445 e. The van der Waals surface area contributed by atoms with Crippen molar-refractivity contribution in [1.29, 1.82) is 0 Å². The Morgan fingerprint density at radius 3 is 2.67 bits per heavy atom. The number of halogens is 2. The Balaban J connectivity index is 1.87. The summed E-state index contributed by atoms with van der Waals surface area (Å²) in [5.74, 6) is -3.26. The first-order valence-electron chi connectivity index (χ1n) is 5.50. The molecule has 6 heteroatoms. The maximum Gasteiger partial charge on any atom is 0.410 e. The molecule has 1 aliphatic rings. The highest BCUT2D eigenvalue weighted by Crippen LogP contribution is 2.27. The first-order valence-corrected chi connectivity index (χ1v) is 5.50. The summed E-state index contributed by atoms with van der Waals surface area (Å²) in [5, 5.41) is 9.06. The smallest absolute Gasteiger partial charge is 0.410 e. The topological polar surface area (TPSA) is 49.8 Å². The molecule has 98 valence electrons. The van der Waals surface area contributed by atoms with Crippen molar-refractivity contribution in [2.75, 3.05) is 13.1 Å². The monoisotopic (exact) mass is 257 g/mol. The van der Waals surface area contributed by atoms with Gasteiger partial charge in [0.25, 0.3) is 5.92 Å². The Morgan fingerprint density at radius 2 is 2.11 bits per heavy atom. The maximum absolute atomic E-state index is 13.0. The van der Waals surface area contributed by atoms with Crippen LogP contribution < -0.4 is 0 Å². The lowest BCUT2D eigenvalue weighted by Gasteiger charge is -2.15. The van der Waals surface area contributed by atoms with Crippen molar-refractivity contribution < 1.29 is 23.4 Å². The molecule has 1 fully saturated rings. The Kier molecular flexibility index (Phi) is 3.47. The molecule has 1 saturated heterocycles. The zero-order chi connectivity index (χ0) is 13.2. The summed E-state index contributed by atoms with van der Waals surface area (Å²) in [6, 6.07) is 8.93. The highest BCUT2D eigenvalue weighted by molar-refractivity contribution is 5.68. The number of alkyl halides is 2. The summed E-state index contributed by atoms with van der Waals surface area (Å²) in [5.41, 5.74) is 0.775. The van der Waals surface area contributed by atoms with Crippen LogP contribution in [0.4, 0.5) is 13.6 Å². The highest BCUT2D eigenvalue weighted by atomic mass is 19.3. The van der Waals surface area contributed by atoms with Crippen LogP contribution in [0.3, 0.4) is 0 Å². The minimum absolute atomic E-state index is 0.0256. The summed E-state index contributed by atoms with van der Waals surface area (Å²) in [4.78, 5) is 12.3. The van der Waals surface area contributed by atoms with Crippen LogP contribution in [0, 0.1) is 0 Å². The lowest BCUT2D eigenvalue weighted by Crippen LogP contribution is -2.32. The van der Waals surface area contributed by atoms with Gasteiger partial charge in [0.15, 0.2) is 0 Å². The average Bonchev–Trinajstić information content (AvgIpc) is 2.62. The molecule has 1 amide bonds. The standard InChI is InChI=1S/C12H13F2NO3/c13-12(14)8-15(6-10(12)16)11(17)18-7-9-4-2-1-3-5-9/h1-5,10,16H,6-8H2. The number of ether oxygens (including phenoxy) is 1. The van der Waals surface area contributed by atoms with Gasteiger partial charge in [-0.1, -0.05) is 30.3 Å². The lowest BCUT2D eigenvalue weighted by atomic mass is 10.2. The SMILES string of the molecule is O=C(OCc1ccccc1)N1CC(O)C(F)(F)C1. The summed E-state index contributed by atoms with van der Waals surface area (Å²) in [6.07, 6.45) is -2.66. The van der Waals surface area contributed by atoms with Gasteiger partial charge in [0.05, 0.1) is 13.1 Å². The third-order valence-electron chi connectivity index (χ3n) is 2.75. The largest absolute Gasteiger partial charge is 0.445 e. The van der Waals surface area contributed by atoms with Gasteiger partial charge in [-0.25, -0.2) is 13.6 Å². The number of amides is 1. The first-order chi connectivity index (χ1) is 8.49. The Labute approximate surface area is 103 Å². The van der Waals surface area contributed by atoms with E-state index < -0.39 is 31.2 Å². The van der Waals surface area contributed by atoms with Gasteiger partial charge in [-0.2, -0.15) is 0 Å². The van der Waals surface area contributed by atoms with Gasteiger partial charge in [0, 0.05) is 0 Å². The number of benzene rings is 1. The minimum atomic E-state index is -3.26. The number of aliphatic hydroxyl groups excluding tert-OH is 1. The van der Waals surface area contributed by atoms with E-state index in [2.05, 4.69) is 0 Å². The number of β-amino-alcohol motifs (C(OH)–C–C–N with tert-alkyl or cyclic N) is 1. The molecule has 1 unspecified atom stereocenters. The van der Waals surface area contributed by atoms with Crippen molar-refractivity contribution in [3.05, 3.63) is 35.9 Å². The van der Waals surface area contributed by atoms with Crippen LogP contribution in [0.25, 0.3) is 0 Å². The number of carbonyl (C=O) groups excluding carboxylic acids is 1. The number of hydrogen-bond donors (Lipinski definition) is 1. The van der Waals surface area contributed by atoms with E-state index in [1.807, 2.05) is 6.07 Å². The lowest BCUT2D eigenvalue weighted by molar-refractivity contribution is -0.0729. The van der Waals surface area contributed by atoms with Crippen LogP contribution in [0.5, 0.6) is 0 Å². The number of nitrogens with zero attached hydrogens (tertiary/aromatic N) is 1. The molecule has 1 aliphatic heterocycles. The Morgan fingerprint density at radius 1 is 1.44 bits per heavy atom. The molecule has 0 aliphatic carbocycles. The predicted molar refractivity (Wildman–Crippen MR) is 59.2 cm³/mol. The molecule has 0 radical (unpaired) electrons. The first kappa shape index (κ1) is 12.8. The number of rotatable bonds is 2. The number of aliphatic hydroxyl groups is 1. The van der Waals surface area contributed by atoms with Gasteiger partial charge in [0.1, 0.15) is 12.7 Å². The van der Waals surface area contributed by atoms with Crippen molar-refractivity contribution in [3.63, 3.8) is 0 Å². The van der Waals surface area contributed by atoms with Gasteiger partial charge >= 0.3 is 6.09 Å². The van der Waals surface area contributed by atoms with Crippen LogP contribution in [0.15, 0.2) is 30.3 Å². The van der Waals surface area contributed by atoms with E-state index in [1.165, 1.54) is 0 Å². The van der Waals surface area contributed by atoms with Gasteiger partial charge < -0.3 is 9.84 Å². The highest BCUT2D eigenvalue weighted by Gasteiger charge is 2.49. The van der Waals surface area contributed by atoms with Crippen LogP contribution in [0.2, 0.25) is 0 Å². The summed E-state index contributed by atoms with van der Waals surface area (Å²) < 4.78 is 30.9. The zero-order valence-electron chi connectivity index (χ0n) is 9.55. The number of hydrogen-bond acceptors (Lipinski definition) is 3. The Bertz CT molecular complexity index is 425. The van der Waals surface area contributed by atoms with Crippen molar-refractivity contribution >= 4 is 6.09 Å². The second kappa shape index (κ2) is 4.89. The molecule has 0 saturated carbocycles. The van der Waals surface area contributed by atoms with Gasteiger partial charge in [-0.05, 0) is 5.56 Å². The molecule has 1 aromatic carbocycles. The van der Waals surface area contributed by atoms with Gasteiger partial charge in [0.2, 0.25) is 0 Å². The molecular weight excluding hydrogens is 244 g/mol. The second-order valence-electron chi connectivity index (χ2n) is 4.20. The van der Waals surface area contributed by atoms with Crippen molar-refractivity contribution in [3.8, 4) is 0 Å². The molecule has 1 heterocycles. The number of likely N-dealkylation sites (tertiary alicyclic amines) is 1. The molecule has 18 heavy (non-hydrogen) atoms. The molecule has 1 aromatic rings. The average molecular weight is 257 g/mol. The van der Waals surface area contributed by atoms with Gasteiger partial charge in [-0.3, -0.25) is 4.90 Å². The van der Waals surface area contributed by atoms with E-state index in [0.717, 1.165) is 10.5 Å². The fraction of sp³-hybridized carbons (Fsp3) is 0.417. The van der Waals surface area contributed by atoms with Crippen LogP contribution in [0.1, 0.15) is 5.56 Å². The molecule has 2 rings (SSSR count). The van der Waals surface area contributed by atoms with Crippen LogP contribution >= 0.6 is 0 Å². The normalized spacial score (nSPS) is 21.9. The van der Waals surface area contributed by atoms with E-state index in [0.29, 0.717) is 0 Å². The third-order valence-corrected chi connectivity index (χ3v) is 2.75. The Hall–Kier alpha value is -1.69. The van der Waals surface area contributed by atoms with E-state index in [-0.39, 0.29) is 6.61 Å². The van der Waals surface area contributed by atoms with E-state index in [9.17, 15) is 13.6 Å². The van der Waals surface area contributed by atoms with Crippen LogP contribution in [-0.2, 0) is 11.3 Å². The maximum atomic E-state index is 13.0. The van der Waals surface area contributed by atoms with E-state index in [4.69, 9.17) is 9.84 Å². The quantitative estimate of drug-likeness (QED) is 0.876. The number of carbonyl (C=O) groups is 1. The molecule has 0 spiro atoms.